The van der Waals surface area contributed by atoms with Gasteiger partial charge in [0.2, 0.25) is 0 Å². The predicted octanol–water partition coefficient (Wildman–Crippen LogP) is 2.64. The van der Waals surface area contributed by atoms with Crippen LogP contribution in [-0.4, -0.2) is 21.4 Å². The fraction of sp³-hybridized carbons (Fsp3) is 0.385. The van der Waals surface area contributed by atoms with Crippen molar-refractivity contribution < 1.29 is 4.74 Å². The lowest BCUT2D eigenvalue weighted by Gasteiger charge is -2.22. The molecule has 0 aliphatic carbocycles. The Morgan fingerprint density at radius 3 is 3.06 bits per heavy atom. The maximum atomic E-state index is 5.69. The van der Waals surface area contributed by atoms with E-state index in [1.165, 1.54) is 6.42 Å². The van der Waals surface area contributed by atoms with Gasteiger partial charge < -0.3 is 4.74 Å². The molecule has 1 atom stereocenters. The van der Waals surface area contributed by atoms with E-state index in [-0.39, 0.29) is 6.23 Å². The molecule has 4 heteroatoms. The van der Waals surface area contributed by atoms with Crippen LogP contribution in [0, 0.1) is 0 Å². The first-order chi connectivity index (χ1) is 8.43. The second-order valence-corrected chi connectivity index (χ2v) is 4.25. The molecule has 88 valence electrons. The van der Waals surface area contributed by atoms with Gasteiger partial charge in [0.1, 0.15) is 6.23 Å². The molecule has 1 aliphatic rings. The predicted molar refractivity (Wildman–Crippen MR) is 64.3 cm³/mol. The average Bonchev–Trinajstić information content (AvgIpc) is 2.90. The third-order valence-corrected chi connectivity index (χ3v) is 3.01. The number of rotatable bonds is 2. The van der Waals surface area contributed by atoms with E-state index in [9.17, 15) is 0 Å². The zero-order chi connectivity index (χ0) is 11.5. The molecule has 0 saturated carbocycles. The Bertz CT molecular complexity index is 474. The second-order valence-electron chi connectivity index (χ2n) is 4.25. The molecule has 3 heterocycles. The van der Waals surface area contributed by atoms with Gasteiger partial charge in [-0.1, -0.05) is 6.07 Å². The maximum Gasteiger partial charge on any atom is 0.150 e. The van der Waals surface area contributed by atoms with Crippen molar-refractivity contribution >= 4 is 0 Å². The first kappa shape index (κ1) is 10.5. The highest BCUT2D eigenvalue weighted by atomic mass is 16.5. The summed E-state index contributed by atoms with van der Waals surface area (Å²) in [5, 5.41) is 4.37. The minimum atomic E-state index is 0.0983. The van der Waals surface area contributed by atoms with E-state index < -0.39 is 0 Å². The Morgan fingerprint density at radius 1 is 1.29 bits per heavy atom. The molecule has 1 fully saturated rings. The lowest BCUT2D eigenvalue weighted by molar-refractivity contribution is -0.0394. The van der Waals surface area contributed by atoms with Gasteiger partial charge in [-0.2, -0.15) is 5.10 Å². The zero-order valence-corrected chi connectivity index (χ0v) is 9.62. The molecule has 1 saturated heterocycles. The van der Waals surface area contributed by atoms with Crippen LogP contribution in [0.5, 0.6) is 0 Å². The van der Waals surface area contributed by atoms with Crippen LogP contribution in [-0.2, 0) is 4.74 Å². The third-order valence-electron chi connectivity index (χ3n) is 3.01. The lowest BCUT2D eigenvalue weighted by Crippen LogP contribution is -2.18. The highest BCUT2D eigenvalue weighted by molar-refractivity contribution is 5.56. The summed E-state index contributed by atoms with van der Waals surface area (Å²) in [6, 6.07) is 5.89. The summed E-state index contributed by atoms with van der Waals surface area (Å²) in [5.41, 5.74) is 1.99. The topological polar surface area (TPSA) is 39.9 Å². The Labute approximate surface area is 100 Å². The molecule has 0 amide bonds. The highest BCUT2D eigenvalue weighted by Crippen LogP contribution is 2.24. The smallest absolute Gasteiger partial charge is 0.150 e. The summed E-state index contributed by atoms with van der Waals surface area (Å²) < 4.78 is 7.60. The molecule has 0 radical (unpaired) electrons. The first-order valence-electron chi connectivity index (χ1n) is 6.01. The molecule has 0 bridgehead atoms. The number of aromatic nitrogens is 3. The van der Waals surface area contributed by atoms with Gasteiger partial charge in [-0.15, -0.1) is 0 Å². The molecular weight excluding hydrogens is 214 g/mol. The van der Waals surface area contributed by atoms with Crippen LogP contribution in [0.15, 0.2) is 36.8 Å². The van der Waals surface area contributed by atoms with Crippen molar-refractivity contribution in [1.29, 1.82) is 0 Å². The van der Waals surface area contributed by atoms with Crippen LogP contribution < -0.4 is 0 Å². The van der Waals surface area contributed by atoms with Crippen molar-refractivity contribution in [3.8, 4) is 11.3 Å². The van der Waals surface area contributed by atoms with Crippen LogP contribution >= 0.6 is 0 Å². The highest BCUT2D eigenvalue weighted by Gasteiger charge is 2.16. The Morgan fingerprint density at radius 2 is 2.29 bits per heavy atom. The minimum Gasteiger partial charge on any atom is -0.357 e. The van der Waals surface area contributed by atoms with E-state index in [0.29, 0.717) is 0 Å². The molecular formula is C13H15N3O. The number of pyridine rings is 1. The van der Waals surface area contributed by atoms with Gasteiger partial charge in [0.05, 0.1) is 11.9 Å². The Balaban J connectivity index is 1.83. The molecule has 1 aliphatic heterocycles. The van der Waals surface area contributed by atoms with E-state index >= 15 is 0 Å². The van der Waals surface area contributed by atoms with Crippen molar-refractivity contribution in [2.24, 2.45) is 0 Å². The summed E-state index contributed by atoms with van der Waals surface area (Å²) in [5.74, 6) is 0. The zero-order valence-electron chi connectivity index (χ0n) is 9.62. The molecule has 2 aromatic rings. The Hall–Kier alpha value is -1.68. The van der Waals surface area contributed by atoms with Gasteiger partial charge in [0.25, 0.3) is 0 Å². The van der Waals surface area contributed by atoms with Gasteiger partial charge in [0.15, 0.2) is 0 Å². The third kappa shape index (κ3) is 2.22. The molecule has 0 aromatic carbocycles. The quantitative estimate of drug-likeness (QED) is 0.794. The number of ether oxygens (including phenoxy) is 1. The SMILES string of the molecule is c1ccc(-c2cnn(C3CCCCO3)c2)nc1. The summed E-state index contributed by atoms with van der Waals surface area (Å²) in [7, 11) is 0. The van der Waals surface area contributed by atoms with E-state index in [4.69, 9.17) is 4.74 Å². The van der Waals surface area contributed by atoms with Gasteiger partial charge >= 0.3 is 0 Å². The number of hydrogen-bond acceptors (Lipinski definition) is 3. The van der Waals surface area contributed by atoms with Crippen molar-refractivity contribution in [2.45, 2.75) is 25.5 Å². The Kier molecular flexibility index (Phi) is 2.88. The van der Waals surface area contributed by atoms with Gasteiger partial charge in [-0.3, -0.25) is 4.98 Å². The summed E-state index contributed by atoms with van der Waals surface area (Å²) in [6.45, 7) is 0.837. The van der Waals surface area contributed by atoms with Crippen molar-refractivity contribution in [1.82, 2.24) is 14.8 Å². The van der Waals surface area contributed by atoms with Crippen LogP contribution in [0.25, 0.3) is 11.3 Å². The second kappa shape index (κ2) is 4.67. The van der Waals surface area contributed by atoms with E-state index in [1.54, 1.807) is 6.20 Å². The van der Waals surface area contributed by atoms with Gasteiger partial charge in [-0.05, 0) is 31.4 Å². The van der Waals surface area contributed by atoms with Crippen molar-refractivity contribution in [2.75, 3.05) is 6.61 Å². The molecule has 17 heavy (non-hydrogen) atoms. The number of nitrogens with zero attached hydrogens (tertiary/aromatic N) is 3. The fourth-order valence-corrected chi connectivity index (χ4v) is 2.09. The average molecular weight is 229 g/mol. The fourth-order valence-electron chi connectivity index (χ4n) is 2.09. The standard InChI is InChI=1S/C13H15N3O/c1-3-7-14-12(5-1)11-9-15-16(10-11)13-6-2-4-8-17-13/h1,3,5,7,9-10,13H,2,4,6,8H2. The summed E-state index contributed by atoms with van der Waals surface area (Å²) in [4.78, 5) is 4.31. The van der Waals surface area contributed by atoms with Gasteiger partial charge in [-0.25, -0.2) is 4.68 Å². The maximum absolute atomic E-state index is 5.69. The normalized spacial score (nSPS) is 20.4. The van der Waals surface area contributed by atoms with Crippen LogP contribution in [0.4, 0.5) is 0 Å². The van der Waals surface area contributed by atoms with Crippen molar-refractivity contribution in [3.63, 3.8) is 0 Å². The first-order valence-corrected chi connectivity index (χ1v) is 6.01. The molecule has 0 N–H and O–H groups in total. The van der Waals surface area contributed by atoms with Crippen LogP contribution in [0.1, 0.15) is 25.5 Å². The van der Waals surface area contributed by atoms with Crippen LogP contribution in [0.2, 0.25) is 0 Å². The van der Waals surface area contributed by atoms with E-state index in [0.717, 1.165) is 30.7 Å². The molecule has 0 spiro atoms. The summed E-state index contributed by atoms with van der Waals surface area (Å²) in [6.07, 6.45) is 9.17. The largest absolute Gasteiger partial charge is 0.357 e. The molecule has 3 rings (SSSR count). The molecule has 4 nitrogen and oxygen atoms in total. The van der Waals surface area contributed by atoms with Crippen LogP contribution in [0.3, 0.4) is 0 Å². The van der Waals surface area contributed by atoms with Gasteiger partial charge in [0, 0.05) is 24.6 Å². The van der Waals surface area contributed by atoms with E-state index in [1.807, 2.05) is 35.3 Å². The van der Waals surface area contributed by atoms with Crippen molar-refractivity contribution in [3.05, 3.63) is 36.8 Å². The summed E-state index contributed by atoms with van der Waals surface area (Å²) >= 11 is 0. The molecule has 2 aromatic heterocycles. The monoisotopic (exact) mass is 229 g/mol. The lowest BCUT2D eigenvalue weighted by atomic mass is 10.2. The minimum absolute atomic E-state index is 0.0983. The molecule has 1 unspecified atom stereocenters. The number of hydrogen-bond donors (Lipinski definition) is 0. The van der Waals surface area contributed by atoms with E-state index in [2.05, 4.69) is 10.1 Å².